The molecule has 162 valence electrons. The first-order valence-electron chi connectivity index (χ1n) is 10.7. The van der Waals surface area contributed by atoms with Gasteiger partial charge in [0.1, 0.15) is 17.7 Å². The SMILES string of the molecule is CNc1cc(-c2cc(OC3CCN(C)CC3)nc(N3CCOCC3)c2)c(C)cc1F. The molecule has 4 rings (SSSR count). The third kappa shape index (κ3) is 4.68. The highest BCUT2D eigenvalue weighted by atomic mass is 19.1. The number of pyridine rings is 1. The molecule has 0 amide bonds. The lowest BCUT2D eigenvalue weighted by Gasteiger charge is -2.31. The van der Waals surface area contributed by atoms with Gasteiger partial charge in [0.2, 0.25) is 5.88 Å². The Balaban J connectivity index is 1.70. The van der Waals surface area contributed by atoms with Crippen molar-refractivity contribution in [2.24, 2.45) is 0 Å². The van der Waals surface area contributed by atoms with E-state index >= 15 is 0 Å². The number of hydrogen-bond acceptors (Lipinski definition) is 6. The lowest BCUT2D eigenvalue weighted by atomic mass is 10.00. The number of nitrogens with one attached hydrogen (secondary N) is 1. The van der Waals surface area contributed by atoms with Crippen molar-refractivity contribution in [2.75, 3.05) is 63.7 Å². The van der Waals surface area contributed by atoms with Crippen molar-refractivity contribution < 1.29 is 13.9 Å². The summed E-state index contributed by atoms with van der Waals surface area (Å²) in [6, 6.07) is 7.50. The Bertz CT molecular complexity index is 878. The maximum absolute atomic E-state index is 14.2. The number of likely N-dealkylation sites (tertiary alicyclic amines) is 1. The molecule has 7 heteroatoms. The van der Waals surface area contributed by atoms with E-state index in [0.717, 1.165) is 61.5 Å². The quantitative estimate of drug-likeness (QED) is 0.808. The molecule has 0 unspecified atom stereocenters. The van der Waals surface area contributed by atoms with Crippen molar-refractivity contribution in [2.45, 2.75) is 25.9 Å². The van der Waals surface area contributed by atoms with Crippen LogP contribution in [0.2, 0.25) is 0 Å². The molecule has 2 aromatic rings. The number of ether oxygens (including phenoxy) is 2. The molecule has 2 fully saturated rings. The van der Waals surface area contributed by atoms with Crippen molar-refractivity contribution >= 4 is 11.5 Å². The van der Waals surface area contributed by atoms with Crippen LogP contribution in [0.1, 0.15) is 18.4 Å². The van der Waals surface area contributed by atoms with Gasteiger partial charge in [-0.15, -0.1) is 0 Å². The molecule has 3 heterocycles. The summed E-state index contributed by atoms with van der Waals surface area (Å²) in [4.78, 5) is 9.38. The monoisotopic (exact) mass is 414 g/mol. The highest BCUT2D eigenvalue weighted by molar-refractivity contribution is 5.74. The van der Waals surface area contributed by atoms with Crippen molar-refractivity contribution in [3.63, 3.8) is 0 Å². The molecule has 2 aliphatic rings. The normalized spacial score (nSPS) is 18.5. The molecule has 2 saturated heterocycles. The first-order chi connectivity index (χ1) is 14.5. The number of halogens is 1. The molecule has 30 heavy (non-hydrogen) atoms. The second kappa shape index (κ2) is 9.18. The number of benzene rings is 1. The van der Waals surface area contributed by atoms with E-state index < -0.39 is 0 Å². The number of piperidine rings is 1. The summed E-state index contributed by atoms with van der Waals surface area (Å²) < 4.78 is 26.0. The zero-order chi connectivity index (χ0) is 21.1. The summed E-state index contributed by atoms with van der Waals surface area (Å²) in [5.74, 6) is 1.27. The predicted molar refractivity (Wildman–Crippen MR) is 118 cm³/mol. The maximum Gasteiger partial charge on any atom is 0.216 e. The molecule has 1 aromatic carbocycles. The molecule has 0 spiro atoms. The molecule has 1 N–H and O–H groups in total. The lowest BCUT2D eigenvalue weighted by molar-refractivity contribution is 0.109. The topological polar surface area (TPSA) is 49.9 Å². The van der Waals surface area contributed by atoms with E-state index in [1.54, 1.807) is 13.1 Å². The first-order valence-corrected chi connectivity index (χ1v) is 10.7. The van der Waals surface area contributed by atoms with Crippen LogP contribution in [0.4, 0.5) is 15.9 Å². The number of morpholine rings is 1. The highest BCUT2D eigenvalue weighted by Crippen LogP contribution is 2.33. The van der Waals surface area contributed by atoms with Gasteiger partial charge in [-0.2, -0.15) is 4.98 Å². The Morgan fingerprint density at radius 1 is 1.10 bits per heavy atom. The lowest BCUT2D eigenvalue weighted by Crippen LogP contribution is -2.37. The fourth-order valence-corrected chi connectivity index (χ4v) is 4.11. The van der Waals surface area contributed by atoms with Gasteiger partial charge < -0.3 is 24.6 Å². The Morgan fingerprint density at radius 2 is 1.83 bits per heavy atom. The van der Waals surface area contributed by atoms with E-state index in [0.29, 0.717) is 24.8 Å². The molecule has 0 radical (unpaired) electrons. The Morgan fingerprint density at radius 3 is 2.53 bits per heavy atom. The van der Waals surface area contributed by atoms with Crippen LogP contribution in [-0.4, -0.2) is 69.5 Å². The van der Waals surface area contributed by atoms with Gasteiger partial charge in [0.25, 0.3) is 0 Å². The van der Waals surface area contributed by atoms with E-state index in [1.807, 2.05) is 19.1 Å². The van der Waals surface area contributed by atoms with Crippen molar-refractivity contribution in [3.8, 4) is 17.0 Å². The molecule has 1 aromatic heterocycles. The fourth-order valence-electron chi connectivity index (χ4n) is 4.11. The van der Waals surface area contributed by atoms with E-state index in [9.17, 15) is 4.39 Å². The number of hydrogen-bond donors (Lipinski definition) is 1. The summed E-state index contributed by atoms with van der Waals surface area (Å²) >= 11 is 0. The number of nitrogens with zero attached hydrogens (tertiary/aromatic N) is 3. The number of anilines is 2. The minimum absolute atomic E-state index is 0.170. The van der Waals surface area contributed by atoms with Crippen LogP contribution in [0.3, 0.4) is 0 Å². The van der Waals surface area contributed by atoms with Crippen LogP contribution in [0.25, 0.3) is 11.1 Å². The molecule has 0 bridgehead atoms. The third-order valence-corrected chi connectivity index (χ3v) is 5.97. The number of aryl methyl sites for hydroxylation is 1. The summed E-state index contributed by atoms with van der Waals surface area (Å²) in [5.41, 5.74) is 3.34. The summed E-state index contributed by atoms with van der Waals surface area (Å²) in [6.07, 6.45) is 2.16. The standard InChI is InChI=1S/C23H31FN4O2/c1-16-12-20(24)21(25-2)15-19(16)17-13-22(28-8-10-29-11-9-28)26-23(14-17)30-18-4-6-27(3)7-5-18/h12-15,18,25H,4-11H2,1-3H3. The van der Waals surface area contributed by atoms with Gasteiger partial charge in [0, 0.05) is 39.3 Å². The second-order valence-electron chi connectivity index (χ2n) is 8.17. The van der Waals surface area contributed by atoms with E-state index in [1.165, 1.54) is 0 Å². The summed E-state index contributed by atoms with van der Waals surface area (Å²) in [5, 5.41) is 2.94. The molecule has 0 atom stereocenters. The minimum Gasteiger partial charge on any atom is -0.474 e. The van der Waals surface area contributed by atoms with Crippen LogP contribution < -0.4 is 15.0 Å². The average Bonchev–Trinajstić information content (AvgIpc) is 2.76. The van der Waals surface area contributed by atoms with Crippen LogP contribution in [0.15, 0.2) is 24.3 Å². The van der Waals surface area contributed by atoms with Crippen molar-refractivity contribution in [1.29, 1.82) is 0 Å². The zero-order valence-corrected chi connectivity index (χ0v) is 18.1. The maximum atomic E-state index is 14.2. The molecular weight excluding hydrogens is 383 g/mol. The number of rotatable bonds is 5. The average molecular weight is 415 g/mol. The van der Waals surface area contributed by atoms with Crippen LogP contribution in [0, 0.1) is 12.7 Å². The van der Waals surface area contributed by atoms with Gasteiger partial charge in [-0.3, -0.25) is 0 Å². The van der Waals surface area contributed by atoms with E-state index in [2.05, 4.69) is 28.2 Å². The first kappa shape index (κ1) is 20.9. The Hall–Kier alpha value is -2.38. The largest absolute Gasteiger partial charge is 0.474 e. The Kier molecular flexibility index (Phi) is 6.39. The van der Waals surface area contributed by atoms with E-state index in [-0.39, 0.29) is 11.9 Å². The molecule has 0 aliphatic carbocycles. The van der Waals surface area contributed by atoms with Gasteiger partial charge >= 0.3 is 0 Å². The Labute approximate surface area is 178 Å². The van der Waals surface area contributed by atoms with Crippen LogP contribution in [0.5, 0.6) is 5.88 Å². The molecule has 6 nitrogen and oxygen atoms in total. The summed E-state index contributed by atoms with van der Waals surface area (Å²) in [7, 11) is 3.88. The smallest absolute Gasteiger partial charge is 0.216 e. The zero-order valence-electron chi connectivity index (χ0n) is 18.1. The van der Waals surface area contributed by atoms with Gasteiger partial charge in [0.05, 0.1) is 18.9 Å². The second-order valence-corrected chi connectivity index (χ2v) is 8.17. The molecule has 0 saturated carbocycles. The van der Waals surface area contributed by atoms with Crippen LogP contribution >= 0.6 is 0 Å². The fraction of sp³-hybridized carbons (Fsp3) is 0.522. The third-order valence-electron chi connectivity index (χ3n) is 5.97. The minimum atomic E-state index is -0.246. The molecule has 2 aliphatic heterocycles. The van der Waals surface area contributed by atoms with Crippen LogP contribution in [-0.2, 0) is 4.74 Å². The van der Waals surface area contributed by atoms with Crippen molar-refractivity contribution in [3.05, 3.63) is 35.6 Å². The van der Waals surface area contributed by atoms with Gasteiger partial charge in [-0.05, 0) is 61.7 Å². The number of aromatic nitrogens is 1. The van der Waals surface area contributed by atoms with Crippen molar-refractivity contribution in [1.82, 2.24) is 9.88 Å². The van der Waals surface area contributed by atoms with E-state index in [4.69, 9.17) is 14.5 Å². The summed E-state index contributed by atoms with van der Waals surface area (Å²) in [6.45, 7) is 6.98. The predicted octanol–water partition coefficient (Wildman–Crippen LogP) is 3.55. The van der Waals surface area contributed by atoms with Gasteiger partial charge in [-0.25, -0.2) is 4.39 Å². The highest BCUT2D eigenvalue weighted by Gasteiger charge is 2.21. The van der Waals surface area contributed by atoms with Gasteiger partial charge in [-0.1, -0.05) is 0 Å². The van der Waals surface area contributed by atoms with Gasteiger partial charge in [0.15, 0.2) is 0 Å². The molecular formula is C23H31FN4O2.